The van der Waals surface area contributed by atoms with Crippen molar-refractivity contribution in [3.05, 3.63) is 34.9 Å². The van der Waals surface area contributed by atoms with Crippen LogP contribution >= 0.6 is 11.6 Å². The van der Waals surface area contributed by atoms with Crippen LogP contribution in [0.3, 0.4) is 0 Å². The first-order chi connectivity index (χ1) is 7.75. The number of nitrogens with one attached hydrogen (secondary N) is 1. The lowest BCUT2D eigenvalue weighted by atomic mass is 10.1. The number of halogens is 1. The zero-order chi connectivity index (χ0) is 11.8. The molecule has 0 amide bonds. The lowest BCUT2D eigenvalue weighted by molar-refractivity contribution is 0.144. The molecule has 1 unspecified atom stereocenters. The van der Waals surface area contributed by atoms with E-state index in [4.69, 9.17) is 16.3 Å². The van der Waals surface area contributed by atoms with Gasteiger partial charge >= 0.3 is 0 Å². The highest BCUT2D eigenvalue weighted by molar-refractivity contribution is 6.31. The molecule has 0 fully saturated rings. The van der Waals surface area contributed by atoms with Crippen LogP contribution in [0, 0.1) is 0 Å². The maximum atomic E-state index is 6.12. The Morgan fingerprint density at radius 2 is 2.12 bits per heavy atom. The first kappa shape index (κ1) is 13.5. The molecule has 0 aliphatic rings. The van der Waals surface area contributed by atoms with Crippen LogP contribution in [0.25, 0.3) is 0 Å². The Hall–Kier alpha value is -0.570. The SMILES string of the molecule is CCOCCCNC(C)c1ccccc1Cl. The number of rotatable bonds is 7. The van der Waals surface area contributed by atoms with E-state index in [9.17, 15) is 0 Å². The first-order valence-electron chi connectivity index (χ1n) is 5.81. The highest BCUT2D eigenvalue weighted by Crippen LogP contribution is 2.21. The molecule has 2 nitrogen and oxygen atoms in total. The second kappa shape index (κ2) is 7.66. The van der Waals surface area contributed by atoms with Crippen LogP contribution in [0.5, 0.6) is 0 Å². The van der Waals surface area contributed by atoms with Crippen molar-refractivity contribution >= 4 is 11.6 Å². The van der Waals surface area contributed by atoms with Crippen LogP contribution in [-0.4, -0.2) is 19.8 Å². The summed E-state index contributed by atoms with van der Waals surface area (Å²) in [6.45, 7) is 6.70. The average Bonchev–Trinajstić information content (AvgIpc) is 2.29. The molecule has 3 heteroatoms. The van der Waals surface area contributed by atoms with Gasteiger partial charge in [-0.05, 0) is 38.4 Å². The molecule has 1 N–H and O–H groups in total. The molecule has 0 heterocycles. The summed E-state index contributed by atoms with van der Waals surface area (Å²) >= 11 is 6.12. The van der Waals surface area contributed by atoms with Crippen molar-refractivity contribution in [3.63, 3.8) is 0 Å². The van der Waals surface area contributed by atoms with E-state index in [1.807, 2.05) is 25.1 Å². The van der Waals surface area contributed by atoms with Crippen LogP contribution in [0.4, 0.5) is 0 Å². The average molecular weight is 242 g/mol. The van der Waals surface area contributed by atoms with Gasteiger partial charge in [0, 0.05) is 24.3 Å². The predicted molar refractivity (Wildman–Crippen MR) is 69.0 cm³/mol. The summed E-state index contributed by atoms with van der Waals surface area (Å²) in [5.74, 6) is 0. The number of hydrogen-bond acceptors (Lipinski definition) is 2. The third-order valence-electron chi connectivity index (χ3n) is 2.49. The minimum Gasteiger partial charge on any atom is -0.382 e. The summed E-state index contributed by atoms with van der Waals surface area (Å²) in [6.07, 6.45) is 1.03. The fourth-order valence-electron chi connectivity index (χ4n) is 1.57. The van der Waals surface area contributed by atoms with Crippen molar-refractivity contribution in [2.45, 2.75) is 26.3 Å². The van der Waals surface area contributed by atoms with Gasteiger partial charge in [-0.15, -0.1) is 0 Å². The normalized spacial score (nSPS) is 12.7. The molecule has 1 aromatic carbocycles. The van der Waals surface area contributed by atoms with Gasteiger partial charge in [0.25, 0.3) is 0 Å². The summed E-state index contributed by atoms with van der Waals surface area (Å²) in [5, 5.41) is 4.26. The van der Waals surface area contributed by atoms with Crippen molar-refractivity contribution in [3.8, 4) is 0 Å². The van der Waals surface area contributed by atoms with Crippen LogP contribution < -0.4 is 5.32 Å². The van der Waals surface area contributed by atoms with Crippen molar-refractivity contribution in [1.82, 2.24) is 5.32 Å². The molecule has 0 aromatic heterocycles. The largest absolute Gasteiger partial charge is 0.382 e. The molecule has 0 bridgehead atoms. The number of benzene rings is 1. The van der Waals surface area contributed by atoms with Crippen LogP contribution in [-0.2, 0) is 4.74 Å². The minimum atomic E-state index is 0.287. The summed E-state index contributed by atoms with van der Waals surface area (Å²) in [6, 6.07) is 8.24. The van der Waals surface area contributed by atoms with E-state index in [0.717, 1.165) is 36.8 Å². The van der Waals surface area contributed by atoms with Gasteiger partial charge in [-0.25, -0.2) is 0 Å². The molecule has 0 aliphatic carbocycles. The molecule has 0 saturated heterocycles. The highest BCUT2D eigenvalue weighted by atomic mass is 35.5. The third kappa shape index (κ3) is 4.52. The second-order valence-corrected chi connectivity index (χ2v) is 4.16. The Kier molecular flexibility index (Phi) is 6.46. The second-order valence-electron chi connectivity index (χ2n) is 3.75. The Morgan fingerprint density at radius 1 is 1.38 bits per heavy atom. The summed E-state index contributed by atoms with van der Waals surface area (Å²) in [7, 11) is 0. The van der Waals surface area contributed by atoms with Gasteiger partial charge in [0.2, 0.25) is 0 Å². The monoisotopic (exact) mass is 241 g/mol. The van der Waals surface area contributed by atoms with E-state index in [-0.39, 0.29) is 6.04 Å². The molecule has 16 heavy (non-hydrogen) atoms. The Morgan fingerprint density at radius 3 is 2.81 bits per heavy atom. The quantitative estimate of drug-likeness (QED) is 0.739. The molecular formula is C13H20ClNO. The molecule has 0 aliphatic heterocycles. The van der Waals surface area contributed by atoms with E-state index >= 15 is 0 Å². The Labute approximate surface area is 103 Å². The van der Waals surface area contributed by atoms with Gasteiger partial charge in [-0.2, -0.15) is 0 Å². The lowest BCUT2D eigenvalue weighted by Crippen LogP contribution is -2.21. The highest BCUT2D eigenvalue weighted by Gasteiger charge is 2.07. The standard InChI is InChI=1S/C13H20ClNO/c1-3-16-10-6-9-15-11(2)12-7-4-5-8-13(12)14/h4-5,7-8,11,15H,3,6,9-10H2,1-2H3. The molecular weight excluding hydrogens is 222 g/mol. The maximum absolute atomic E-state index is 6.12. The van der Waals surface area contributed by atoms with Crippen LogP contribution in [0.2, 0.25) is 5.02 Å². The maximum Gasteiger partial charge on any atom is 0.0477 e. The summed E-state index contributed by atoms with van der Waals surface area (Å²) in [5.41, 5.74) is 1.15. The van der Waals surface area contributed by atoms with Crippen LogP contribution in [0.1, 0.15) is 31.9 Å². The molecule has 0 radical (unpaired) electrons. The molecule has 1 atom stereocenters. The minimum absolute atomic E-state index is 0.287. The molecule has 0 spiro atoms. The van der Waals surface area contributed by atoms with Gasteiger partial charge in [-0.1, -0.05) is 29.8 Å². The Balaban J connectivity index is 2.30. The van der Waals surface area contributed by atoms with Gasteiger partial charge in [0.05, 0.1) is 0 Å². The van der Waals surface area contributed by atoms with E-state index in [1.54, 1.807) is 0 Å². The molecule has 0 saturated carbocycles. The predicted octanol–water partition coefficient (Wildman–Crippen LogP) is 3.42. The zero-order valence-corrected chi connectivity index (χ0v) is 10.8. The van der Waals surface area contributed by atoms with Crippen molar-refractivity contribution in [2.75, 3.05) is 19.8 Å². The van der Waals surface area contributed by atoms with Crippen molar-refractivity contribution < 1.29 is 4.74 Å². The van der Waals surface area contributed by atoms with E-state index in [0.29, 0.717) is 0 Å². The summed E-state index contributed by atoms with van der Waals surface area (Å²) in [4.78, 5) is 0. The van der Waals surface area contributed by atoms with E-state index in [1.165, 1.54) is 0 Å². The van der Waals surface area contributed by atoms with E-state index < -0.39 is 0 Å². The van der Waals surface area contributed by atoms with Gasteiger partial charge in [0.15, 0.2) is 0 Å². The van der Waals surface area contributed by atoms with Gasteiger partial charge in [-0.3, -0.25) is 0 Å². The van der Waals surface area contributed by atoms with Gasteiger partial charge in [0.1, 0.15) is 0 Å². The summed E-state index contributed by atoms with van der Waals surface area (Å²) < 4.78 is 5.28. The van der Waals surface area contributed by atoms with E-state index in [2.05, 4.69) is 18.3 Å². The fraction of sp³-hybridized carbons (Fsp3) is 0.538. The Bertz CT molecular complexity index is 304. The fourth-order valence-corrected chi connectivity index (χ4v) is 1.87. The van der Waals surface area contributed by atoms with Crippen molar-refractivity contribution in [1.29, 1.82) is 0 Å². The lowest BCUT2D eigenvalue weighted by Gasteiger charge is -2.15. The smallest absolute Gasteiger partial charge is 0.0477 e. The third-order valence-corrected chi connectivity index (χ3v) is 2.84. The first-order valence-corrected chi connectivity index (χ1v) is 6.19. The molecule has 1 aromatic rings. The zero-order valence-electron chi connectivity index (χ0n) is 10.0. The topological polar surface area (TPSA) is 21.3 Å². The molecule has 90 valence electrons. The van der Waals surface area contributed by atoms with Crippen LogP contribution in [0.15, 0.2) is 24.3 Å². The number of hydrogen-bond donors (Lipinski definition) is 1. The number of ether oxygens (including phenoxy) is 1. The van der Waals surface area contributed by atoms with Crippen molar-refractivity contribution in [2.24, 2.45) is 0 Å². The van der Waals surface area contributed by atoms with Gasteiger partial charge < -0.3 is 10.1 Å². The molecule has 1 rings (SSSR count).